The molecule has 98 valence electrons. The van der Waals surface area contributed by atoms with E-state index < -0.39 is 23.8 Å². The Kier molecular flexibility index (Phi) is 4.47. The Balaban J connectivity index is 3.12. The first-order valence-corrected chi connectivity index (χ1v) is 5.20. The van der Waals surface area contributed by atoms with Crippen LogP contribution in [0, 0.1) is 0 Å². The molecule has 1 atom stereocenters. The summed E-state index contributed by atoms with van der Waals surface area (Å²) in [5, 5.41) is 0. The molecule has 0 amide bonds. The molecule has 1 rings (SSSR count). The Hall–Kier alpha value is -1.85. The third-order valence-corrected chi connectivity index (χ3v) is 2.20. The van der Waals surface area contributed by atoms with Crippen molar-refractivity contribution in [3.8, 4) is 0 Å². The first kappa shape index (κ1) is 14.2. The van der Waals surface area contributed by atoms with Crippen LogP contribution in [0.1, 0.15) is 18.4 Å². The summed E-state index contributed by atoms with van der Waals surface area (Å²) in [6.45, 7) is 1.37. The number of carbonyl (C=O) groups is 2. The molecule has 0 N–H and O–H groups in total. The maximum Gasteiger partial charge on any atom is 0.451 e. The maximum absolute atomic E-state index is 12.4. The highest BCUT2D eigenvalue weighted by atomic mass is 19.4. The number of halogens is 3. The van der Waals surface area contributed by atoms with E-state index in [1.54, 1.807) is 6.07 Å². The molecule has 0 saturated carbocycles. The molecular weight excluding hydrogens is 249 g/mol. The molecular formula is C12H11F3O3. The summed E-state index contributed by atoms with van der Waals surface area (Å²) < 4.78 is 41.8. The van der Waals surface area contributed by atoms with Gasteiger partial charge in [-0.15, -0.1) is 0 Å². The zero-order valence-corrected chi connectivity index (χ0v) is 9.53. The largest absolute Gasteiger partial charge is 0.465 e. The number of benzene rings is 1. The van der Waals surface area contributed by atoms with E-state index in [-0.39, 0.29) is 12.2 Å². The highest BCUT2D eigenvalue weighted by molar-refractivity contribution is 6.06. The molecule has 0 aliphatic rings. The maximum atomic E-state index is 12.4. The smallest absolute Gasteiger partial charge is 0.451 e. The van der Waals surface area contributed by atoms with Crippen molar-refractivity contribution in [2.45, 2.75) is 19.0 Å². The number of Topliss-reactive ketones (excluding diaryl/α,β-unsaturated/α-hetero) is 1. The summed E-state index contributed by atoms with van der Waals surface area (Å²) in [4.78, 5) is 22.7. The van der Waals surface area contributed by atoms with Gasteiger partial charge in [-0.05, 0) is 12.5 Å². The normalized spacial score (nSPS) is 12.9. The van der Waals surface area contributed by atoms with Crippen molar-refractivity contribution in [3.05, 3.63) is 35.9 Å². The van der Waals surface area contributed by atoms with Crippen LogP contribution < -0.4 is 0 Å². The lowest BCUT2D eigenvalue weighted by atomic mass is 9.94. The molecule has 0 heterocycles. The van der Waals surface area contributed by atoms with Gasteiger partial charge in [0.1, 0.15) is 5.92 Å². The Morgan fingerprint density at radius 1 is 1.22 bits per heavy atom. The number of ether oxygens (including phenoxy) is 1. The van der Waals surface area contributed by atoms with Crippen LogP contribution >= 0.6 is 0 Å². The van der Waals surface area contributed by atoms with E-state index in [2.05, 4.69) is 4.74 Å². The average molecular weight is 260 g/mol. The SMILES string of the molecule is CCOC(=O)C(C(=O)C(F)(F)F)c1ccccc1. The molecule has 0 spiro atoms. The van der Waals surface area contributed by atoms with Crippen molar-refractivity contribution in [2.24, 2.45) is 0 Å². The second-order valence-electron chi connectivity index (χ2n) is 3.46. The zero-order chi connectivity index (χ0) is 13.8. The zero-order valence-electron chi connectivity index (χ0n) is 9.53. The van der Waals surface area contributed by atoms with E-state index in [1.165, 1.54) is 31.2 Å². The summed E-state index contributed by atoms with van der Waals surface area (Å²) in [5.41, 5.74) is -0.0294. The van der Waals surface area contributed by atoms with Gasteiger partial charge in [-0.25, -0.2) is 0 Å². The molecule has 3 nitrogen and oxygen atoms in total. The molecule has 0 aliphatic heterocycles. The first-order valence-electron chi connectivity index (χ1n) is 5.20. The Morgan fingerprint density at radius 3 is 2.22 bits per heavy atom. The van der Waals surface area contributed by atoms with Crippen molar-refractivity contribution >= 4 is 11.8 Å². The minimum absolute atomic E-state index is 0.0294. The minimum atomic E-state index is -5.08. The van der Waals surface area contributed by atoms with E-state index in [0.29, 0.717) is 0 Å². The lowest BCUT2D eigenvalue weighted by Gasteiger charge is -2.16. The van der Waals surface area contributed by atoms with E-state index in [0.717, 1.165) is 0 Å². The van der Waals surface area contributed by atoms with Crippen molar-refractivity contribution < 1.29 is 27.5 Å². The number of rotatable bonds is 4. The summed E-state index contributed by atoms with van der Waals surface area (Å²) >= 11 is 0. The van der Waals surface area contributed by atoms with Gasteiger partial charge in [0.15, 0.2) is 0 Å². The van der Waals surface area contributed by atoms with Crippen LogP contribution in [0.25, 0.3) is 0 Å². The number of ketones is 1. The predicted octanol–water partition coefficient (Wildman–Crippen LogP) is 2.46. The Morgan fingerprint density at radius 2 is 1.78 bits per heavy atom. The van der Waals surface area contributed by atoms with Gasteiger partial charge in [0.05, 0.1) is 6.61 Å². The van der Waals surface area contributed by atoms with Crippen LogP contribution in [-0.4, -0.2) is 24.5 Å². The predicted molar refractivity (Wildman–Crippen MR) is 56.9 cm³/mol. The second-order valence-corrected chi connectivity index (χ2v) is 3.46. The van der Waals surface area contributed by atoms with E-state index in [1.807, 2.05) is 0 Å². The van der Waals surface area contributed by atoms with Gasteiger partial charge in [0, 0.05) is 0 Å². The van der Waals surface area contributed by atoms with Crippen molar-refractivity contribution in [3.63, 3.8) is 0 Å². The number of esters is 1. The van der Waals surface area contributed by atoms with Crippen LogP contribution in [0.5, 0.6) is 0 Å². The number of carbonyl (C=O) groups excluding carboxylic acids is 2. The van der Waals surface area contributed by atoms with Crippen LogP contribution in [0.4, 0.5) is 13.2 Å². The third-order valence-electron chi connectivity index (χ3n) is 2.20. The lowest BCUT2D eigenvalue weighted by Crippen LogP contribution is -2.34. The van der Waals surface area contributed by atoms with Crippen LogP contribution in [-0.2, 0) is 14.3 Å². The summed E-state index contributed by atoms with van der Waals surface area (Å²) in [6, 6.07) is 7.04. The van der Waals surface area contributed by atoms with Crippen molar-refractivity contribution in [1.29, 1.82) is 0 Å². The molecule has 1 unspecified atom stereocenters. The van der Waals surface area contributed by atoms with Gasteiger partial charge < -0.3 is 4.74 Å². The summed E-state index contributed by atoms with van der Waals surface area (Å²) in [7, 11) is 0. The molecule has 0 saturated heterocycles. The van der Waals surface area contributed by atoms with Gasteiger partial charge in [0.25, 0.3) is 5.78 Å². The van der Waals surface area contributed by atoms with E-state index in [9.17, 15) is 22.8 Å². The molecule has 0 fully saturated rings. The molecule has 0 radical (unpaired) electrons. The minimum Gasteiger partial charge on any atom is -0.465 e. The fraction of sp³-hybridized carbons (Fsp3) is 0.333. The Labute approximate surface area is 102 Å². The van der Waals surface area contributed by atoms with Crippen molar-refractivity contribution in [1.82, 2.24) is 0 Å². The van der Waals surface area contributed by atoms with Crippen LogP contribution in [0.3, 0.4) is 0 Å². The fourth-order valence-electron chi connectivity index (χ4n) is 1.43. The van der Waals surface area contributed by atoms with Gasteiger partial charge in [0.2, 0.25) is 0 Å². The molecule has 0 bridgehead atoms. The monoisotopic (exact) mass is 260 g/mol. The highest BCUT2D eigenvalue weighted by Crippen LogP contribution is 2.28. The quantitative estimate of drug-likeness (QED) is 0.617. The molecule has 6 heteroatoms. The van der Waals surface area contributed by atoms with Gasteiger partial charge in [-0.2, -0.15) is 13.2 Å². The lowest BCUT2D eigenvalue weighted by molar-refractivity contribution is -0.177. The van der Waals surface area contributed by atoms with Crippen LogP contribution in [0.2, 0.25) is 0 Å². The van der Waals surface area contributed by atoms with Crippen LogP contribution in [0.15, 0.2) is 30.3 Å². The molecule has 1 aromatic rings. The highest BCUT2D eigenvalue weighted by Gasteiger charge is 2.47. The Bertz CT molecular complexity index is 426. The standard InChI is InChI=1S/C12H11F3O3/c1-2-18-11(17)9(10(16)12(13,14)15)8-6-4-3-5-7-8/h3-7,9H,2H2,1H3. The second kappa shape index (κ2) is 5.66. The molecule has 0 aromatic heterocycles. The molecule has 0 aliphatic carbocycles. The molecule has 1 aromatic carbocycles. The number of alkyl halides is 3. The fourth-order valence-corrected chi connectivity index (χ4v) is 1.43. The number of hydrogen-bond acceptors (Lipinski definition) is 3. The average Bonchev–Trinajstić information content (AvgIpc) is 2.29. The van der Waals surface area contributed by atoms with Gasteiger partial charge in [-0.3, -0.25) is 9.59 Å². The van der Waals surface area contributed by atoms with Crippen molar-refractivity contribution in [2.75, 3.05) is 6.61 Å². The van der Waals surface area contributed by atoms with E-state index in [4.69, 9.17) is 0 Å². The van der Waals surface area contributed by atoms with Gasteiger partial charge in [-0.1, -0.05) is 30.3 Å². The summed E-state index contributed by atoms with van der Waals surface area (Å²) in [6.07, 6.45) is -5.08. The first-order chi connectivity index (χ1) is 8.38. The summed E-state index contributed by atoms with van der Waals surface area (Å²) in [5.74, 6) is -5.26. The van der Waals surface area contributed by atoms with Gasteiger partial charge >= 0.3 is 12.1 Å². The number of hydrogen-bond donors (Lipinski definition) is 0. The van der Waals surface area contributed by atoms with E-state index >= 15 is 0 Å². The topological polar surface area (TPSA) is 43.4 Å². The third kappa shape index (κ3) is 3.32. The molecule has 18 heavy (non-hydrogen) atoms.